The number of carboxylic acids is 1. The molecular weight excluding hydrogens is 208 g/mol. The van der Waals surface area contributed by atoms with E-state index in [4.69, 9.17) is 9.84 Å². The van der Waals surface area contributed by atoms with E-state index in [1.807, 2.05) is 10.9 Å². The molecule has 5 nitrogen and oxygen atoms in total. The van der Waals surface area contributed by atoms with Gasteiger partial charge in [0.1, 0.15) is 0 Å². The minimum atomic E-state index is -0.947. The molecule has 1 aliphatic rings. The quantitative estimate of drug-likeness (QED) is 0.772. The Morgan fingerprint density at radius 3 is 3.31 bits per heavy atom. The molecule has 0 unspecified atom stereocenters. The fourth-order valence-corrected chi connectivity index (χ4v) is 1.72. The highest BCUT2D eigenvalue weighted by Gasteiger charge is 2.16. The zero-order valence-corrected chi connectivity index (χ0v) is 8.87. The molecule has 1 N–H and O–H groups in total. The topological polar surface area (TPSA) is 64.3 Å². The molecule has 1 aromatic rings. The lowest BCUT2D eigenvalue weighted by Gasteiger charge is -2.06. The maximum atomic E-state index is 10.3. The van der Waals surface area contributed by atoms with E-state index in [9.17, 15) is 4.79 Å². The molecule has 0 aromatic carbocycles. The Bertz CT molecular complexity index is 392. The molecular formula is C11H14N2O3. The summed E-state index contributed by atoms with van der Waals surface area (Å²) in [5.74, 6) is -0.423. The Balaban J connectivity index is 1.93. The molecule has 1 fully saturated rings. The van der Waals surface area contributed by atoms with E-state index in [0.717, 1.165) is 37.8 Å². The molecule has 1 aliphatic heterocycles. The summed E-state index contributed by atoms with van der Waals surface area (Å²) in [5.41, 5.74) is 0.807. The van der Waals surface area contributed by atoms with Crippen LogP contribution in [-0.4, -0.2) is 34.1 Å². The van der Waals surface area contributed by atoms with Crippen LogP contribution in [0.25, 0.3) is 6.08 Å². The molecule has 0 bridgehead atoms. The summed E-state index contributed by atoms with van der Waals surface area (Å²) in [4.78, 5) is 10.3. The molecule has 0 radical (unpaired) electrons. The first-order valence-corrected chi connectivity index (χ1v) is 5.25. The highest BCUT2D eigenvalue weighted by atomic mass is 16.5. The largest absolute Gasteiger partial charge is 0.478 e. The molecule has 1 aromatic heterocycles. The Hall–Kier alpha value is -1.62. The average molecular weight is 222 g/mol. The average Bonchev–Trinajstić information content (AvgIpc) is 2.87. The van der Waals surface area contributed by atoms with Crippen LogP contribution in [-0.2, 0) is 16.1 Å². The number of carboxylic acid groups (broad SMARTS) is 1. The third-order valence-corrected chi connectivity index (χ3v) is 2.54. The number of hydrogen-bond donors (Lipinski definition) is 1. The number of aliphatic carboxylic acids is 1. The summed E-state index contributed by atoms with van der Waals surface area (Å²) < 4.78 is 7.12. The van der Waals surface area contributed by atoms with Crippen LogP contribution in [0.1, 0.15) is 12.0 Å². The van der Waals surface area contributed by atoms with Crippen molar-refractivity contribution in [3.8, 4) is 0 Å². The second-order valence-corrected chi connectivity index (χ2v) is 3.90. The van der Waals surface area contributed by atoms with E-state index in [1.54, 1.807) is 6.20 Å². The van der Waals surface area contributed by atoms with Crippen LogP contribution < -0.4 is 0 Å². The smallest absolute Gasteiger partial charge is 0.328 e. The second kappa shape index (κ2) is 4.94. The second-order valence-electron chi connectivity index (χ2n) is 3.90. The van der Waals surface area contributed by atoms with E-state index in [1.165, 1.54) is 6.08 Å². The molecule has 86 valence electrons. The molecule has 0 aliphatic carbocycles. The number of aromatic nitrogens is 2. The maximum absolute atomic E-state index is 10.3. The lowest BCUT2D eigenvalue weighted by Crippen LogP contribution is -2.10. The molecule has 1 atom stereocenters. The van der Waals surface area contributed by atoms with Gasteiger partial charge in [0.2, 0.25) is 0 Å². The van der Waals surface area contributed by atoms with Gasteiger partial charge in [0.05, 0.1) is 12.8 Å². The summed E-state index contributed by atoms with van der Waals surface area (Å²) in [5, 5.41) is 12.7. The van der Waals surface area contributed by atoms with Gasteiger partial charge in [-0.05, 0) is 12.5 Å². The summed E-state index contributed by atoms with van der Waals surface area (Å²) in [7, 11) is 0. The monoisotopic (exact) mass is 222 g/mol. The highest BCUT2D eigenvalue weighted by Crippen LogP contribution is 2.14. The summed E-state index contributed by atoms with van der Waals surface area (Å²) in [6.07, 6.45) is 7.23. The van der Waals surface area contributed by atoms with Crippen LogP contribution in [0.3, 0.4) is 0 Å². The molecule has 5 heteroatoms. The Morgan fingerprint density at radius 2 is 2.62 bits per heavy atom. The van der Waals surface area contributed by atoms with E-state index < -0.39 is 5.97 Å². The number of hydrogen-bond acceptors (Lipinski definition) is 3. The molecule has 0 saturated carbocycles. The van der Waals surface area contributed by atoms with Gasteiger partial charge in [-0.15, -0.1) is 0 Å². The number of carbonyl (C=O) groups is 1. The van der Waals surface area contributed by atoms with Crippen molar-refractivity contribution in [2.45, 2.75) is 13.0 Å². The van der Waals surface area contributed by atoms with Crippen molar-refractivity contribution >= 4 is 12.0 Å². The van der Waals surface area contributed by atoms with Crippen molar-refractivity contribution in [2.24, 2.45) is 5.92 Å². The standard InChI is InChI=1S/C11H14N2O3/c14-11(15)2-1-9-5-12-13(6-9)7-10-3-4-16-8-10/h1-2,5-6,10H,3-4,7-8H2,(H,14,15)/b2-1+/t10-/m0/s1. The Kier molecular flexibility index (Phi) is 3.36. The minimum absolute atomic E-state index is 0.524. The molecule has 2 rings (SSSR count). The predicted octanol–water partition coefficient (Wildman–Crippen LogP) is 1.02. The highest BCUT2D eigenvalue weighted by molar-refractivity contribution is 5.85. The first-order chi connectivity index (χ1) is 7.74. The SMILES string of the molecule is O=C(O)/C=C/c1cnn(C[C@@H]2CCOC2)c1. The van der Waals surface area contributed by atoms with Crippen LogP contribution in [0.5, 0.6) is 0 Å². The number of ether oxygens (including phenoxy) is 1. The molecule has 0 amide bonds. The summed E-state index contributed by atoms with van der Waals surface area (Å²) >= 11 is 0. The summed E-state index contributed by atoms with van der Waals surface area (Å²) in [6.45, 7) is 2.46. The molecule has 0 spiro atoms. The van der Waals surface area contributed by atoms with E-state index in [-0.39, 0.29) is 0 Å². The molecule has 16 heavy (non-hydrogen) atoms. The van der Waals surface area contributed by atoms with E-state index in [0.29, 0.717) is 5.92 Å². The van der Waals surface area contributed by atoms with Gasteiger partial charge >= 0.3 is 5.97 Å². The van der Waals surface area contributed by atoms with Gasteiger partial charge in [-0.25, -0.2) is 4.79 Å². The van der Waals surface area contributed by atoms with Gasteiger partial charge in [-0.3, -0.25) is 4.68 Å². The van der Waals surface area contributed by atoms with Crippen molar-refractivity contribution in [2.75, 3.05) is 13.2 Å². The van der Waals surface area contributed by atoms with Crippen molar-refractivity contribution in [3.63, 3.8) is 0 Å². The van der Waals surface area contributed by atoms with Gasteiger partial charge in [0.25, 0.3) is 0 Å². The third-order valence-electron chi connectivity index (χ3n) is 2.54. The molecule has 2 heterocycles. The van der Waals surface area contributed by atoms with Crippen molar-refractivity contribution in [1.82, 2.24) is 9.78 Å². The third kappa shape index (κ3) is 2.93. The van der Waals surface area contributed by atoms with Gasteiger partial charge in [-0.2, -0.15) is 5.10 Å². The van der Waals surface area contributed by atoms with Crippen LogP contribution in [0, 0.1) is 5.92 Å². The Morgan fingerprint density at radius 1 is 1.75 bits per heavy atom. The summed E-state index contributed by atoms with van der Waals surface area (Å²) in [6, 6.07) is 0. The van der Waals surface area contributed by atoms with Gasteiger partial charge in [0.15, 0.2) is 0 Å². The number of nitrogens with zero attached hydrogens (tertiary/aromatic N) is 2. The fraction of sp³-hybridized carbons (Fsp3) is 0.455. The lowest BCUT2D eigenvalue weighted by atomic mass is 10.1. The zero-order valence-electron chi connectivity index (χ0n) is 8.87. The van der Waals surface area contributed by atoms with Gasteiger partial charge in [0, 0.05) is 36.9 Å². The fourth-order valence-electron chi connectivity index (χ4n) is 1.72. The predicted molar refractivity (Wildman–Crippen MR) is 57.8 cm³/mol. The zero-order chi connectivity index (χ0) is 11.4. The van der Waals surface area contributed by atoms with Crippen LogP contribution in [0.2, 0.25) is 0 Å². The van der Waals surface area contributed by atoms with Crippen LogP contribution >= 0.6 is 0 Å². The normalized spacial score (nSPS) is 20.6. The van der Waals surface area contributed by atoms with E-state index >= 15 is 0 Å². The minimum Gasteiger partial charge on any atom is -0.478 e. The van der Waals surface area contributed by atoms with Crippen molar-refractivity contribution < 1.29 is 14.6 Å². The first kappa shape index (κ1) is 10.9. The Labute approximate surface area is 93.3 Å². The van der Waals surface area contributed by atoms with Crippen molar-refractivity contribution in [1.29, 1.82) is 0 Å². The van der Waals surface area contributed by atoms with Crippen LogP contribution in [0.15, 0.2) is 18.5 Å². The van der Waals surface area contributed by atoms with Crippen molar-refractivity contribution in [3.05, 3.63) is 24.0 Å². The van der Waals surface area contributed by atoms with E-state index in [2.05, 4.69) is 5.10 Å². The van der Waals surface area contributed by atoms with Gasteiger partial charge < -0.3 is 9.84 Å². The van der Waals surface area contributed by atoms with Gasteiger partial charge in [-0.1, -0.05) is 0 Å². The first-order valence-electron chi connectivity index (χ1n) is 5.25. The lowest BCUT2D eigenvalue weighted by molar-refractivity contribution is -0.131. The number of rotatable bonds is 4. The molecule has 1 saturated heterocycles. The van der Waals surface area contributed by atoms with Crippen LogP contribution in [0.4, 0.5) is 0 Å². The maximum Gasteiger partial charge on any atom is 0.328 e.